The number of hydrogen-bond donors (Lipinski definition) is 1. The van der Waals surface area contributed by atoms with Gasteiger partial charge in [-0.3, -0.25) is 4.99 Å². The molecule has 2 heterocycles. The summed E-state index contributed by atoms with van der Waals surface area (Å²) >= 11 is 7.93. The molecule has 30 heavy (non-hydrogen) atoms. The van der Waals surface area contributed by atoms with Crippen molar-refractivity contribution < 1.29 is 14.2 Å². The van der Waals surface area contributed by atoms with Gasteiger partial charge in [-0.15, -0.1) is 35.3 Å². The summed E-state index contributed by atoms with van der Waals surface area (Å²) in [5, 5.41) is 7.02. The van der Waals surface area contributed by atoms with Crippen LogP contribution in [0.1, 0.15) is 29.3 Å². The van der Waals surface area contributed by atoms with Crippen molar-refractivity contribution in [3.63, 3.8) is 0 Å². The zero-order valence-corrected chi connectivity index (χ0v) is 21.5. The third-order valence-corrected chi connectivity index (χ3v) is 5.93. The zero-order chi connectivity index (χ0) is 20.8. The molecular formula is C20H28ClIN4O3S. The maximum absolute atomic E-state index is 6.32. The summed E-state index contributed by atoms with van der Waals surface area (Å²) in [6.07, 6.45) is 0.796. The number of fused-ring (bicyclic) bond motifs is 1. The predicted molar refractivity (Wildman–Crippen MR) is 132 cm³/mol. The number of thiazole rings is 1. The Balaban J connectivity index is 0.00000320. The Hall–Kier alpha value is -1.30. The number of guanidine groups is 1. The molecule has 1 aromatic heterocycles. The third kappa shape index (κ3) is 6.35. The number of rotatable bonds is 7. The Morgan fingerprint density at radius 3 is 2.90 bits per heavy atom. The van der Waals surface area contributed by atoms with Crippen molar-refractivity contribution in [2.45, 2.75) is 26.0 Å². The third-order valence-electron chi connectivity index (χ3n) is 4.60. The lowest BCUT2D eigenvalue weighted by molar-refractivity contribution is 0.119. The van der Waals surface area contributed by atoms with Crippen LogP contribution < -0.4 is 14.8 Å². The van der Waals surface area contributed by atoms with Crippen LogP contribution in [0.2, 0.25) is 5.02 Å². The summed E-state index contributed by atoms with van der Waals surface area (Å²) in [6, 6.07) is 3.92. The molecule has 7 nitrogen and oxygen atoms in total. The number of aliphatic imine (C=N–C) groups is 1. The van der Waals surface area contributed by atoms with Crippen LogP contribution >= 0.6 is 46.9 Å². The van der Waals surface area contributed by atoms with Gasteiger partial charge in [-0.05, 0) is 31.0 Å². The Morgan fingerprint density at radius 1 is 1.40 bits per heavy atom. The topological polar surface area (TPSA) is 68.2 Å². The van der Waals surface area contributed by atoms with Gasteiger partial charge in [-0.2, -0.15) is 0 Å². The van der Waals surface area contributed by atoms with Crippen molar-refractivity contribution in [3.8, 4) is 11.5 Å². The molecule has 0 spiro atoms. The molecule has 0 bridgehead atoms. The summed E-state index contributed by atoms with van der Waals surface area (Å²) < 4.78 is 16.6. The van der Waals surface area contributed by atoms with E-state index in [1.54, 1.807) is 25.5 Å². The summed E-state index contributed by atoms with van der Waals surface area (Å²) in [5.74, 6) is 2.16. The van der Waals surface area contributed by atoms with Gasteiger partial charge in [0.2, 0.25) is 0 Å². The van der Waals surface area contributed by atoms with E-state index in [4.69, 9.17) is 25.8 Å². The van der Waals surface area contributed by atoms with Crippen LogP contribution in [0.4, 0.5) is 0 Å². The molecule has 0 aliphatic carbocycles. The fourth-order valence-corrected chi connectivity index (χ4v) is 4.14. The van der Waals surface area contributed by atoms with Crippen molar-refractivity contribution in [1.29, 1.82) is 0 Å². The first-order chi connectivity index (χ1) is 14.0. The highest BCUT2D eigenvalue weighted by atomic mass is 127. The van der Waals surface area contributed by atoms with E-state index in [1.165, 1.54) is 0 Å². The van der Waals surface area contributed by atoms with E-state index in [2.05, 4.69) is 20.7 Å². The Bertz CT molecular complexity index is 865. The highest BCUT2D eigenvalue weighted by Crippen LogP contribution is 2.38. The average molecular weight is 567 g/mol. The SMILES string of the molecule is CN=C(NCCc1cc(Cl)c2c(c1)OCCO2)N(C)Cc1csc(C(C)OC)n1.I. The molecule has 1 atom stereocenters. The second-order valence-electron chi connectivity index (χ2n) is 6.74. The molecule has 2 aromatic rings. The minimum atomic E-state index is 0. The Kier molecular flexibility index (Phi) is 9.92. The Labute approximate surface area is 203 Å². The van der Waals surface area contributed by atoms with Gasteiger partial charge >= 0.3 is 0 Å². The molecule has 166 valence electrons. The van der Waals surface area contributed by atoms with Crippen LogP contribution in [-0.4, -0.2) is 56.8 Å². The van der Waals surface area contributed by atoms with Gasteiger partial charge in [0.15, 0.2) is 17.5 Å². The number of nitrogens with zero attached hydrogens (tertiary/aromatic N) is 3. The lowest BCUT2D eigenvalue weighted by Crippen LogP contribution is -2.39. The number of benzene rings is 1. The normalized spacial score (nSPS) is 14.1. The lowest BCUT2D eigenvalue weighted by Gasteiger charge is -2.22. The highest BCUT2D eigenvalue weighted by Gasteiger charge is 2.17. The van der Waals surface area contributed by atoms with Gasteiger partial charge in [0.25, 0.3) is 0 Å². The van der Waals surface area contributed by atoms with Crippen molar-refractivity contribution in [1.82, 2.24) is 15.2 Å². The largest absolute Gasteiger partial charge is 0.486 e. The van der Waals surface area contributed by atoms with E-state index in [1.807, 2.05) is 31.0 Å². The monoisotopic (exact) mass is 566 g/mol. The van der Waals surface area contributed by atoms with E-state index in [-0.39, 0.29) is 30.1 Å². The Morgan fingerprint density at radius 2 is 2.17 bits per heavy atom. The lowest BCUT2D eigenvalue weighted by atomic mass is 10.1. The van der Waals surface area contributed by atoms with Gasteiger partial charge in [0, 0.05) is 33.1 Å². The average Bonchev–Trinajstić information content (AvgIpc) is 3.19. The van der Waals surface area contributed by atoms with Crippen LogP contribution in [0.15, 0.2) is 22.5 Å². The van der Waals surface area contributed by atoms with Crippen molar-refractivity contribution in [2.24, 2.45) is 4.99 Å². The van der Waals surface area contributed by atoms with Gasteiger partial charge in [-0.25, -0.2) is 4.98 Å². The van der Waals surface area contributed by atoms with Crippen molar-refractivity contribution in [3.05, 3.63) is 38.8 Å². The van der Waals surface area contributed by atoms with Crippen molar-refractivity contribution >= 4 is 52.9 Å². The molecule has 3 rings (SSSR count). The van der Waals surface area contributed by atoms with Crippen LogP contribution in [-0.2, 0) is 17.7 Å². The first-order valence-corrected chi connectivity index (χ1v) is 10.7. The molecule has 10 heteroatoms. The van der Waals surface area contributed by atoms with E-state index < -0.39 is 0 Å². The molecule has 0 amide bonds. The van der Waals surface area contributed by atoms with Gasteiger partial charge in [-0.1, -0.05) is 11.6 Å². The summed E-state index contributed by atoms with van der Waals surface area (Å²) in [6.45, 7) is 4.46. The molecule has 0 fully saturated rings. The maximum Gasteiger partial charge on any atom is 0.193 e. The van der Waals surface area contributed by atoms with Gasteiger partial charge in [0.1, 0.15) is 24.3 Å². The van der Waals surface area contributed by atoms with E-state index >= 15 is 0 Å². The van der Waals surface area contributed by atoms with Crippen LogP contribution in [0.25, 0.3) is 0 Å². The molecule has 0 saturated heterocycles. The summed E-state index contributed by atoms with van der Waals surface area (Å²) in [7, 11) is 5.47. The molecule has 0 radical (unpaired) electrons. The second kappa shape index (κ2) is 11.9. The molecule has 1 aliphatic rings. The van der Waals surface area contributed by atoms with Crippen LogP contribution in [0.3, 0.4) is 0 Å². The summed E-state index contributed by atoms with van der Waals surface area (Å²) in [5.41, 5.74) is 2.08. The predicted octanol–water partition coefficient (Wildman–Crippen LogP) is 4.14. The van der Waals surface area contributed by atoms with E-state index in [0.29, 0.717) is 36.3 Å². The number of ether oxygens (including phenoxy) is 3. The van der Waals surface area contributed by atoms with E-state index in [9.17, 15) is 0 Å². The van der Waals surface area contributed by atoms with Crippen LogP contribution in [0, 0.1) is 0 Å². The number of hydrogen-bond acceptors (Lipinski definition) is 6. The molecule has 1 aromatic carbocycles. The zero-order valence-electron chi connectivity index (χ0n) is 17.6. The fourth-order valence-electron chi connectivity index (χ4n) is 3.01. The summed E-state index contributed by atoms with van der Waals surface area (Å²) in [4.78, 5) is 11.1. The second-order valence-corrected chi connectivity index (χ2v) is 8.03. The molecule has 1 aliphatic heterocycles. The number of halogens is 2. The minimum absolute atomic E-state index is 0. The smallest absolute Gasteiger partial charge is 0.193 e. The standard InChI is InChI=1S/C20H27ClN4O3S.HI/c1-13(26-4)19-24-15(12-29-19)11-25(3)20(22-2)23-6-5-14-9-16(21)18-17(10-14)27-7-8-28-18;/h9-10,12-13H,5-8,11H2,1-4H3,(H,22,23);1H. The number of methoxy groups -OCH3 is 1. The molecular weight excluding hydrogens is 539 g/mol. The van der Waals surface area contributed by atoms with Gasteiger partial charge in [0.05, 0.1) is 17.3 Å². The first-order valence-electron chi connectivity index (χ1n) is 9.48. The van der Waals surface area contributed by atoms with Crippen LogP contribution in [0.5, 0.6) is 11.5 Å². The van der Waals surface area contributed by atoms with Gasteiger partial charge < -0.3 is 24.4 Å². The minimum Gasteiger partial charge on any atom is -0.486 e. The van der Waals surface area contributed by atoms with Crippen molar-refractivity contribution in [2.75, 3.05) is 41.0 Å². The highest BCUT2D eigenvalue weighted by molar-refractivity contribution is 14.0. The number of aromatic nitrogens is 1. The van der Waals surface area contributed by atoms with E-state index in [0.717, 1.165) is 35.2 Å². The molecule has 0 saturated carbocycles. The molecule has 1 unspecified atom stereocenters. The maximum atomic E-state index is 6.32. The fraction of sp³-hybridized carbons (Fsp3) is 0.500. The number of nitrogens with one attached hydrogen (secondary N) is 1. The first kappa shape index (κ1) is 25.0. The quantitative estimate of drug-likeness (QED) is 0.309. The molecule has 1 N–H and O–H groups in total.